The smallest absolute Gasteiger partial charge is 0.243 e. The Morgan fingerprint density at radius 3 is 2.40 bits per heavy atom. The molecule has 1 N–H and O–H groups in total. The Labute approximate surface area is 176 Å². The quantitative estimate of drug-likeness (QED) is 0.642. The van der Waals surface area contributed by atoms with Crippen molar-refractivity contribution in [3.8, 4) is 5.75 Å². The first-order valence-electron chi connectivity index (χ1n) is 9.81. The van der Waals surface area contributed by atoms with E-state index >= 15 is 0 Å². The summed E-state index contributed by atoms with van der Waals surface area (Å²) in [5.41, 5.74) is 1.63. The molecule has 0 bridgehead atoms. The van der Waals surface area contributed by atoms with Crippen molar-refractivity contribution in [1.82, 2.24) is 14.3 Å². The summed E-state index contributed by atoms with van der Waals surface area (Å²) in [7, 11) is -2.08. The zero-order chi connectivity index (χ0) is 21.1. The molecule has 1 aliphatic rings. The summed E-state index contributed by atoms with van der Waals surface area (Å²) in [6.45, 7) is 2.40. The monoisotopic (exact) mass is 424 g/mol. The standard InChI is InChI=1S/C22H24N4O3S/c1-16-6-3-9-21(23-16)25-22-10-4-7-19(24-22)20-8-5-15-26(20)30(27,28)18-13-11-17(29-2)12-14-18/h3-4,6-7,9-14,20H,5,8,15H2,1-2H3,(H,23,24,25)/t20-/m1/s1. The van der Waals surface area contributed by atoms with E-state index in [1.54, 1.807) is 35.7 Å². The maximum Gasteiger partial charge on any atom is 0.243 e. The molecule has 0 aliphatic carbocycles. The Kier molecular flexibility index (Phi) is 5.69. The molecule has 1 aliphatic heterocycles. The molecule has 0 unspecified atom stereocenters. The van der Waals surface area contributed by atoms with Crippen LogP contribution in [0.2, 0.25) is 0 Å². The Balaban J connectivity index is 1.60. The molecule has 1 atom stereocenters. The van der Waals surface area contributed by atoms with Gasteiger partial charge < -0.3 is 10.1 Å². The van der Waals surface area contributed by atoms with Gasteiger partial charge in [0.15, 0.2) is 0 Å². The van der Waals surface area contributed by atoms with E-state index in [1.807, 2.05) is 43.3 Å². The van der Waals surface area contributed by atoms with Crippen molar-refractivity contribution in [2.45, 2.75) is 30.7 Å². The van der Waals surface area contributed by atoms with Gasteiger partial charge in [-0.2, -0.15) is 4.31 Å². The number of nitrogens with one attached hydrogen (secondary N) is 1. The lowest BCUT2D eigenvalue weighted by Crippen LogP contribution is -2.31. The molecule has 3 aromatic rings. The van der Waals surface area contributed by atoms with E-state index < -0.39 is 10.0 Å². The van der Waals surface area contributed by atoms with Crippen molar-refractivity contribution >= 4 is 21.7 Å². The molecule has 0 saturated carbocycles. The molecule has 30 heavy (non-hydrogen) atoms. The number of hydrogen-bond acceptors (Lipinski definition) is 6. The first kappa shape index (κ1) is 20.3. The van der Waals surface area contributed by atoms with Crippen LogP contribution in [0.1, 0.15) is 30.3 Å². The largest absolute Gasteiger partial charge is 0.497 e. The van der Waals surface area contributed by atoms with E-state index in [1.165, 1.54) is 0 Å². The second-order valence-electron chi connectivity index (χ2n) is 7.19. The highest BCUT2D eigenvalue weighted by Gasteiger charge is 2.37. The number of nitrogens with zero attached hydrogens (tertiary/aromatic N) is 3. The molecule has 7 nitrogen and oxygen atoms in total. The van der Waals surface area contributed by atoms with Gasteiger partial charge in [-0.1, -0.05) is 12.1 Å². The zero-order valence-corrected chi connectivity index (χ0v) is 17.8. The Hall–Kier alpha value is -2.97. The third kappa shape index (κ3) is 4.15. The number of hydrogen-bond donors (Lipinski definition) is 1. The van der Waals surface area contributed by atoms with Gasteiger partial charge in [0, 0.05) is 12.2 Å². The molecule has 0 spiro atoms. The number of pyridine rings is 2. The van der Waals surface area contributed by atoms with Crippen LogP contribution in [0, 0.1) is 6.92 Å². The van der Waals surface area contributed by atoms with Gasteiger partial charge in [-0.05, 0) is 68.3 Å². The summed E-state index contributed by atoms with van der Waals surface area (Å²) < 4.78 is 33.2. The van der Waals surface area contributed by atoms with Gasteiger partial charge in [-0.25, -0.2) is 18.4 Å². The molecule has 1 fully saturated rings. The van der Waals surface area contributed by atoms with Gasteiger partial charge in [0.1, 0.15) is 17.4 Å². The van der Waals surface area contributed by atoms with Crippen molar-refractivity contribution in [1.29, 1.82) is 0 Å². The number of methoxy groups -OCH3 is 1. The van der Waals surface area contributed by atoms with Gasteiger partial charge in [0.05, 0.1) is 23.7 Å². The van der Waals surface area contributed by atoms with E-state index in [2.05, 4.69) is 15.3 Å². The SMILES string of the molecule is COc1ccc(S(=O)(=O)N2CCC[C@@H]2c2cccc(Nc3cccc(C)n3)n2)cc1. The average Bonchev–Trinajstić information content (AvgIpc) is 3.25. The number of rotatable bonds is 6. The van der Waals surface area contributed by atoms with Crippen LogP contribution in [0.3, 0.4) is 0 Å². The average molecular weight is 425 g/mol. The topological polar surface area (TPSA) is 84.4 Å². The van der Waals surface area contributed by atoms with Crippen molar-refractivity contribution in [2.24, 2.45) is 0 Å². The fourth-order valence-corrected chi connectivity index (χ4v) is 5.33. The summed E-state index contributed by atoms with van der Waals surface area (Å²) in [6.07, 6.45) is 1.52. The minimum Gasteiger partial charge on any atom is -0.497 e. The van der Waals surface area contributed by atoms with Crippen LogP contribution < -0.4 is 10.1 Å². The van der Waals surface area contributed by atoms with Gasteiger partial charge in [0.25, 0.3) is 0 Å². The molecular formula is C22H24N4O3S. The maximum absolute atomic E-state index is 13.3. The number of aryl methyl sites for hydroxylation is 1. The van der Waals surface area contributed by atoms with Gasteiger partial charge in [-0.15, -0.1) is 0 Å². The number of anilines is 2. The number of sulfonamides is 1. The minimum absolute atomic E-state index is 0.258. The van der Waals surface area contributed by atoms with Crippen molar-refractivity contribution < 1.29 is 13.2 Å². The second-order valence-corrected chi connectivity index (χ2v) is 9.08. The number of benzene rings is 1. The predicted octanol–water partition coefficient (Wildman–Crippen LogP) is 4.06. The van der Waals surface area contributed by atoms with Crippen LogP contribution in [0.4, 0.5) is 11.6 Å². The molecule has 156 valence electrons. The van der Waals surface area contributed by atoms with Crippen LogP contribution in [0.15, 0.2) is 65.6 Å². The summed E-state index contributed by atoms with van der Waals surface area (Å²) in [5.74, 6) is 1.96. The highest BCUT2D eigenvalue weighted by Crippen LogP contribution is 2.36. The third-order valence-electron chi connectivity index (χ3n) is 5.13. The van der Waals surface area contributed by atoms with E-state index in [-0.39, 0.29) is 10.9 Å². The molecule has 4 rings (SSSR count). The fourth-order valence-electron chi connectivity index (χ4n) is 3.66. The van der Waals surface area contributed by atoms with E-state index in [4.69, 9.17) is 4.74 Å². The van der Waals surface area contributed by atoms with E-state index in [9.17, 15) is 8.42 Å². The number of aromatic nitrogens is 2. The first-order chi connectivity index (χ1) is 14.5. The highest BCUT2D eigenvalue weighted by molar-refractivity contribution is 7.89. The molecule has 0 radical (unpaired) electrons. The molecule has 2 aromatic heterocycles. The zero-order valence-electron chi connectivity index (χ0n) is 16.9. The van der Waals surface area contributed by atoms with Crippen LogP contribution in [-0.4, -0.2) is 36.3 Å². The van der Waals surface area contributed by atoms with Crippen molar-refractivity contribution in [3.05, 3.63) is 72.1 Å². The van der Waals surface area contributed by atoms with Gasteiger partial charge >= 0.3 is 0 Å². The van der Waals surface area contributed by atoms with E-state index in [0.29, 0.717) is 23.9 Å². The van der Waals surface area contributed by atoms with Crippen molar-refractivity contribution in [3.63, 3.8) is 0 Å². The molecule has 8 heteroatoms. The van der Waals surface area contributed by atoms with E-state index in [0.717, 1.165) is 24.2 Å². The summed E-state index contributed by atoms with van der Waals surface area (Å²) in [5, 5.41) is 3.20. The third-order valence-corrected chi connectivity index (χ3v) is 7.05. The van der Waals surface area contributed by atoms with Crippen LogP contribution in [0.5, 0.6) is 5.75 Å². The van der Waals surface area contributed by atoms with Crippen LogP contribution in [0.25, 0.3) is 0 Å². The Morgan fingerprint density at radius 1 is 1.00 bits per heavy atom. The lowest BCUT2D eigenvalue weighted by Gasteiger charge is -2.24. The summed E-state index contributed by atoms with van der Waals surface area (Å²) >= 11 is 0. The Bertz CT molecular complexity index is 1130. The fraction of sp³-hybridized carbons (Fsp3) is 0.273. The lowest BCUT2D eigenvalue weighted by molar-refractivity contribution is 0.390. The first-order valence-corrected chi connectivity index (χ1v) is 11.2. The predicted molar refractivity (Wildman–Crippen MR) is 115 cm³/mol. The maximum atomic E-state index is 13.3. The summed E-state index contributed by atoms with van der Waals surface area (Å²) in [6, 6.07) is 17.5. The highest BCUT2D eigenvalue weighted by atomic mass is 32.2. The van der Waals surface area contributed by atoms with Gasteiger partial charge in [0.2, 0.25) is 10.0 Å². The molecule has 1 saturated heterocycles. The van der Waals surface area contributed by atoms with Crippen LogP contribution >= 0.6 is 0 Å². The summed E-state index contributed by atoms with van der Waals surface area (Å²) in [4.78, 5) is 9.38. The second kappa shape index (κ2) is 8.41. The molecular weight excluding hydrogens is 400 g/mol. The minimum atomic E-state index is -3.63. The van der Waals surface area contributed by atoms with Crippen molar-refractivity contribution in [2.75, 3.05) is 19.0 Å². The number of ether oxygens (including phenoxy) is 1. The van der Waals surface area contributed by atoms with Gasteiger partial charge in [-0.3, -0.25) is 0 Å². The molecule has 1 aromatic carbocycles. The molecule has 3 heterocycles. The normalized spacial score (nSPS) is 17.1. The lowest BCUT2D eigenvalue weighted by atomic mass is 10.1. The van der Waals surface area contributed by atoms with Crippen LogP contribution in [-0.2, 0) is 10.0 Å². The molecule has 0 amide bonds. The Morgan fingerprint density at radius 2 is 1.70 bits per heavy atom.